The van der Waals surface area contributed by atoms with Crippen LogP contribution in [-0.2, 0) is 14.8 Å². The molecule has 0 bridgehead atoms. The van der Waals surface area contributed by atoms with E-state index in [0.717, 1.165) is 17.5 Å². The van der Waals surface area contributed by atoms with Crippen LogP contribution in [-0.4, -0.2) is 44.3 Å². The SMILES string of the molecule is Cc1ccc(S(=O)(=O)N2CCC(C(=O)NCCC(C)N)CC2)c(C)c1. The molecular formula is C18H29N3O3S. The fraction of sp³-hybridized carbons (Fsp3) is 0.611. The third-order valence-corrected chi connectivity index (χ3v) is 6.73. The number of sulfonamides is 1. The Balaban J connectivity index is 1.96. The zero-order valence-corrected chi connectivity index (χ0v) is 16.1. The van der Waals surface area contributed by atoms with Gasteiger partial charge in [-0.25, -0.2) is 8.42 Å². The number of aryl methyl sites for hydroxylation is 2. The van der Waals surface area contributed by atoms with Crippen LogP contribution < -0.4 is 11.1 Å². The van der Waals surface area contributed by atoms with Crippen LogP contribution in [0.5, 0.6) is 0 Å². The highest BCUT2D eigenvalue weighted by molar-refractivity contribution is 7.89. The van der Waals surface area contributed by atoms with Crippen molar-refractivity contribution in [2.24, 2.45) is 11.7 Å². The van der Waals surface area contributed by atoms with Crippen molar-refractivity contribution in [2.75, 3.05) is 19.6 Å². The summed E-state index contributed by atoms with van der Waals surface area (Å²) in [6, 6.07) is 5.43. The molecule has 0 aliphatic carbocycles. The fourth-order valence-electron chi connectivity index (χ4n) is 3.15. The van der Waals surface area contributed by atoms with Gasteiger partial charge < -0.3 is 11.1 Å². The Morgan fingerprint density at radius 2 is 1.96 bits per heavy atom. The molecule has 0 spiro atoms. The Morgan fingerprint density at radius 3 is 2.52 bits per heavy atom. The van der Waals surface area contributed by atoms with Gasteiger partial charge in [0, 0.05) is 31.6 Å². The predicted octanol–water partition coefficient (Wildman–Crippen LogP) is 1.56. The first-order chi connectivity index (χ1) is 11.7. The van der Waals surface area contributed by atoms with Gasteiger partial charge in [0.2, 0.25) is 15.9 Å². The molecule has 2 rings (SSSR count). The van der Waals surface area contributed by atoms with Crippen molar-refractivity contribution >= 4 is 15.9 Å². The van der Waals surface area contributed by atoms with Gasteiger partial charge in [-0.1, -0.05) is 17.7 Å². The number of carbonyl (C=O) groups is 1. The highest BCUT2D eigenvalue weighted by atomic mass is 32.2. The van der Waals surface area contributed by atoms with E-state index in [9.17, 15) is 13.2 Å². The molecule has 1 fully saturated rings. The quantitative estimate of drug-likeness (QED) is 0.798. The van der Waals surface area contributed by atoms with Crippen LogP contribution in [0.2, 0.25) is 0 Å². The van der Waals surface area contributed by atoms with Crippen molar-refractivity contribution in [3.05, 3.63) is 29.3 Å². The number of carbonyl (C=O) groups excluding carboxylic acids is 1. The van der Waals surface area contributed by atoms with Gasteiger partial charge in [-0.2, -0.15) is 4.31 Å². The van der Waals surface area contributed by atoms with Crippen molar-refractivity contribution in [3.8, 4) is 0 Å². The van der Waals surface area contributed by atoms with Crippen LogP contribution in [0.25, 0.3) is 0 Å². The Labute approximate surface area is 150 Å². The molecule has 6 nitrogen and oxygen atoms in total. The van der Waals surface area contributed by atoms with E-state index in [0.29, 0.717) is 37.4 Å². The smallest absolute Gasteiger partial charge is 0.243 e. The average molecular weight is 368 g/mol. The summed E-state index contributed by atoms with van der Waals surface area (Å²) in [6.07, 6.45) is 1.84. The molecule has 1 aromatic rings. The molecule has 7 heteroatoms. The molecule has 140 valence electrons. The predicted molar refractivity (Wildman–Crippen MR) is 98.7 cm³/mol. The van der Waals surface area contributed by atoms with E-state index in [1.165, 1.54) is 4.31 Å². The summed E-state index contributed by atoms with van der Waals surface area (Å²) in [7, 11) is -3.50. The van der Waals surface area contributed by atoms with Gasteiger partial charge in [0.1, 0.15) is 0 Å². The van der Waals surface area contributed by atoms with Crippen molar-refractivity contribution in [2.45, 2.75) is 51.0 Å². The first-order valence-corrected chi connectivity index (χ1v) is 10.3. The molecule has 0 aromatic heterocycles. The van der Waals surface area contributed by atoms with E-state index in [1.807, 2.05) is 32.9 Å². The van der Waals surface area contributed by atoms with E-state index >= 15 is 0 Å². The number of benzene rings is 1. The van der Waals surface area contributed by atoms with E-state index in [2.05, 4.69) is 5.32 Å². The molecule has 1 amide bonds. The fourth-order valence-corrected chi connectivity index (χ4v) is 4.83. The maximum Gasteiger partial charge on any atom is 0.243 e. The first kappa shape index (κ1) is 19.9. The zero-order chi connectivity index (χ0) is 18.6. The van der Waals surface area contributed by atoms with Gasteiger partial charge in [0.05, 0.1) is 4.90 Å². The maximum atomic E-state index is 12.9. The molecule has 25 heavy (non-hydrogen) atoms. The van der Waals surface area contributed by atoms with Gasteiger partial charge in [-0.15, -0.1) is 0 Å². The van der Waals surface area contributed by atoms with Crippen molar-refractivity contribution in [3.63, 3.8) is 0 Å². The van der Waals surface area contributed by atoms with Crippen LogP contribution >= 0.6 is 0 Å². The third kappa shape index (κ3) is 5.03. The lowest BCUT2D eigenvalue weighted by Crippen LogP contribution is -2.43. The number of amides is 1. The number of nitrogens with one attached hydrogen (secondary N) is 1. The lowest BCUT2D eigenvalue weighted by molar-refractivity contribution is -0.126. The normalized spacial score (nSPS) is 18.1. The highest BCUT2D eigenvalue weighted by Gasteiger charge is 2.32. The Kier molecular flexibility index (Phi) is 6.59. The summed E-state index contributed by atoms with van der Waals surface area (Å²) < 4.78 is 27.2. The minimum absolute atomic E-state index is 0.00390. The molecule has 1 aromatic carbocycles. The largest absolute Gasteiger partial charge is 0.356 e. The van der Waals surface area contributed by atoms with Crippen LogP contribution in [0, 0.1) is 19.8 Å². The summed E-state index contributed by atoms with van der Waals surface area (Å²) in [5, 5.41) is 2.90. The first-order valence-electron chi connectivity index (χ1n) is 8.82. The van der Waals surface area contributed by atoms with Crippen molar-refractivity contribution < 1.29 is 13.2 Å². The number of nitrogens with two attached hydrogens (primary N) is 1. The highest BCUT2D eigenvalue weighted by Crippen LogP contribution is 2.26. The van der Waals surface area contributed by atoms with Crippen LogP contribution in [0.1, 0.15) is 37.3 Å². The van der Waals surface area contributed by atoms with E-state index in [-0.39, 0.29) is 17.9 Å². The molecule has 1 aliphatic heterocycles. The summed E-state index contributed by atoms with van der Waals surface area (Å²) in [4.78, 5) is 12.5. The number of hydrogen-bond acceptors (Lipinski definition) is 4. The number of hydrogen-bond donors (Lipinski definition) is 2. The second-order valence-electron chi connectivity index (χ2n) is 7.00. The number of rotatable bonds is 6. The molecule has 0 saturated carbocycles. The van der Waals surface area contributed by atoms with Gasteiger partial charge in [0.25, 0.3) is 0 Å². The summed E-state index contributed by atoms with van der Waals surface area (Å²) in [6.45, 7) is 6.99. The summed E-state index contributed by atoms with van der Waals surface area (Å²) in [5.74, 6) is -0.122. The monoisotopic (exact) mass is 367 g/mol. The second kappa shape index (κ2) is 8.29. The minimum Gasteiger partial charge on any atom is -0.356 e. The molecule has 1 heterocycles. The average Bonchev–Trinajstić information content (AvgIpc) is 2.54. The minimum atomic E-state index is -3.50. The zero-order valence-electron chi connectivity index (χ0n) is 15.3. The molecular weight excluding hydrogens is 338 g/mol. The molecule has 0 radical (unpaired) electrons. The number of nitrogens with zero attached hydrogens (tertiary/aromatic N) is 1. The van der Waals surface area contributed by atoms with E-state index < -0.39 is 10.0 Å². The Morgan fingerprint density at radius 1 is 1.32 bits per heavy atom. The molecule has 1 aliphatic rings. The van der Waals surface area contributed by atoms with Gasteiger partial charge in [-0.3, -0.25) is 4.79 Å². The standard InChI is InChI=1S/C18H29N3O3S/c1-13-4-5-17(14(2)12-13)25(23,24)21-10-7-16(8-11-21)18(22)20-9-6-15(3)19/h4-5,12,15-16H,6-11,19H2,1-3H3,(H,20,22). The summed E-state index contributed by atoms with van der Waals surface area (Å²) in [5.41, 5.74) is 7.48. The number of piperidine rings is 1. The van der Waals surface area contributed by atoms with Gasteiger partial charge >= 0.3 is 0 Å². The molecule has 1 saturated heterocycles. The van der Waals surface area contributed by atoms with Crippen molar-refractivity contribution in [1.82, 2.24) is 9.62 Å². The molecule has 1 atom stereocenters. The molecule has 1 unspecified atom stereocenters. The van der Waals surface area contributed by atoms with Gasteiger partial charge in [-0.05, 0) is 51.7 Å². The lowest BCUT2D eigenvalue weighted by Gasteiger charge is -2.31. The van der Waals surface area contributed by atoms with E-state index in [4.69, 9.17) is 5.73 Å². The van der Waals surface area contributed by atoms with Crippen LogP contribution in [0.3, 0.4) is 0 Å². The van der Waals surface area contributed by atoms with Crippen LogP contribution in [0.15, 0.2) is 23.1 Å². The van der Waals surface area contributed by atoms with Crippen molar-refractivity contribution in [1.29, 1.82) is 0 Å². The third-order valence-electron chi connectivity index (χ3n) is 4.67. The molecule has 3 N–H and O–H groups in total. The maximum absolute atomic E-state index is 12.9. The summed E-state index contributed by atoms with van der Waals surface area (Å²) >= 11 is 0. The topological polar surface area (TPSA) is 92.5 Å². The lowest BCUT2D eigenvalue weighted by atomic mass is 9.97. The van der Waals surface area contributed by atoms with Crippen LogP contribution in [0.4, 0.5) is 0 Å². The Bertz CT molecular complexity index is 708. The Hall–Kier alpha value is -1.44. The second-order valence-corrected chi connectivity index (χ2v) is 8.91. The van der Waals surface area contributed by atoms with Gasteiger partial charge in [0.15, 0.2) is 0 Å². The van der Waals surface area contributed by atoms with E-state index in [1.54, 1.807) is 6.07 Å².